The zero-order valence-corrected chi connectivity index (χ0v) is 15.9. The number of hydrogen-bond acceptors (Lipinski definition) is 3. The van der Waals surface area contributed by atoms with Crippen molar-refractivity contribution in [2.45, 2.75) is 63.7 Å². The average molecular weight is 367 g/mol. The molecule has 1 amide bonds. The predicted octanol–water partition coefficient (Wildman–Crippen LogP) is 4.17. The maximum absolute atomic E-state index is 12.0. The molecule has 2 N–H and O–H groups in total. The number of H-pyrrole nitrogens is 1. The average Bonchev–Trinajstić information content (AvgIpc) is 3.18. The molecule has 1 aliphatic carbocycles. The summed E-state index contributed by atoms with van der Waals surface area (Å²) < 4.78 is 0. The number of imidazole rings is 1. The monoisotopic (exact) mass is 367 g/mol. The summed E-state index contributed by atoms with van der Waals surface area (Å²) in [5.41, 5.74) is 3.24. The number of aromatic amines is 1. The second-order valence-electron chi connectivity index (χ2n) is 7.34. The third kappa shape index (κ3) is 5.78. The van der Waals surface area contributed by atoms with E-state index in [1.165, 1.54) is 17.8 Å². The van der Waals surface area contributed by atoms with E-state index in [-0.39, 0.29) is 11.7 Å². The van der Waals surface area contributed by atoms with Crippen molar-refractivity contribution in [3.63, 3.8) is 0 Å². The standard InChI is InChI=1S/C22H29N3O2/c26-20(17-8-3-1-4-9-17)12-5-2-6-13-21(27)23-15-14-18-10-7-11-19-22(18)25-16-24-19/h1,3-4,8-9,16,18H,2,5-7,10-15H2,(H,23,27)(H,24,25). The van der Waals surface area contributed by atoms with Gasteiger partial charge in [-0.2, -0.15) is 0 Å². The molecule has 0 radical (unpaired) electrons. The number of nitrogens with zero attached hydrogens (tertiary/aromatic N) is 1. The summed E-state index contributed by atoms with van der Waals surface area (Å²) in [4.78, 5) is 31.7. The van der Waals surface area contributed by atoms with Crippen LogP contribution in [0.4, 0.5) is 0 Å². The lowest BCUT2D eigenvalue weighted by molar-refractivity contribution is -0.121. The Hall–Kier alpha value is -2.43. The van der Waals surface area contributed by atoms with Crippen LogP contribution >= 0.6 is 0 Å². The lowest BCUT2D eigenvalue weighted by Gasteiger charge is -2.21. The van der Waals surface area contributed by atoms with Gasteiger partial charge in [-0.15, -0.1) is 0 Å². The van der Waals surface area contributed by atoms with Crippen LogP contribution in [-0.4, -0.2) is 28.2 Å². The van der Waals surface area contributed by atoms with Gasteiger partial charge in [-0.3, -0.25) is 9.59 Å². The second-order valence-corrected chi connectivity index (χ2v) is 7.34. The minimum absolute atomic E-state index is 0.113. The summed E-state index contributed by atoms with van der Waals surface area (Å²) in [6.07, 6.45) is 9.84. The Balaban J connectivity index is 1.25. The maximum atomic E-state index is 12.0. The molecule has 5 heteroatoms. The van der Waals surface area contributed by atoms with E-state index in [1.54, 1.807) is 6.33 Å². The topological polar surface area (TPSA) is 74.8 Å². The zero-order chi connectivity index (χ0) is 18.9. The van der Waals surface area contributed by atoms with Crippen molar-refractivity contribution in [2.24, 2.45) is 0 Å². The molecule has 144 valence electrons. The first-order valence-corrected chi connectivity index (χ1v) is 10.1. The van der Waals surface area contributed by atoms with Crippen LogP contribution in [0.15, 0.2) is 36.7 Å². The number of aromatic nitrogens is 2. The highest BCUT2D eigenvalue weighted by Gasteiger charge is 2.22. The van der Waals surface area contributed by atoms with E-state index in [2.05, 4.69) is 15.3 Å². The van der Waals surface area contributed by atoms with E-state index >= 15 is 0 Å². The molecule has 1 aliphatic rings. The summed E-state index contributed by atoms with van der Waals surface area (Å²) in [7, 11) is 0. The lowest BCUT2D eigenvalue weighted by Crippen LogP contribution is -2.26. The largest absolute Gasteiger partial charge is 0.356 e. The van der Waals surface area contributed by atoms with Gasteiger partial charge in [0.2, 0.25) is 5.91 Å². The van der Waals surface area contributed by atoms with Crippen LogP contribution in [0.2, 0.25) is 0 Å². The van der Waals surface area contributed by atoms with Crippen LogP contribution in [0, 0.1) is 0 Å². The molecule has 5 nitrogen and oxygen atoms in total. The Labute approximate surface area is 161 Å². The number of carbonyl (C=O) groups is 2. The molecular formula is C22H29N3O2. The number of rotatable bonds is 10. The number of benzene rings is 1. The Bertz CT molecular complexity index is 739. The number of hydrogen-bond donors (Lipinski definition) is 2. The van der Waals surface area contributed by atoms with E-state index in [0.717, 1.165) is 44.1 Å². The summed E-state index contributed by atoms with van der Waals surface area (Å²) in [6.45, 7) is 0.711. The molecule has 3 rings (SSSR count). The van der Waals surface area contributed by atoms with Gasteiger partial charge in [0.15, 0.2) is 5.78 Å². The molecule has 0 bridgehead atoms. The molecule has 0 spiro atoms. The van der Waals surface area contributed by atoms with Crippen molar-refractivity contribution >= 4 is 11.7 Å². The molecule has 0 fully saturated rings. The summed E-state index contributed by atoms with van der Waals surface area (Å²) in [5.74, 6) is 0.761. The molecule has 0 saturated carbocycles. The number of Topliss-reactive ketones (excluding diaryl/α,β-unsaturated/α-hetero) is 1. The highest BCUT2D eigenvalue weighted by Crippen LogP contribution is 2.31. The smallest absolute Gasteiger partial charge is 0.219 e. The van der Waals surface area contributed by atoms with E-state index in [1.807, 2.05) is 30.3 Å². The van der Waals surface area contributed by atoms with Crippen molar-refractivity contribution in [1.29, 1.82) is 0 Å². The number of fused-ring (bicyclic) bond motifs is 1. The highest BCUT2D eigenvalue weighted by atomic mass is 16.1. The molecular weight excluding hydrogens is 338 g/mol. The number of unbranched alkanes of at least 4 members (excludes halogenated alkanes) is 2. The fourth-order valence-corrected chi connectivity index (χ4v) is 3.82. The van der Waals surface area contributed by atoms with Gasteiger partial charge in [-0.1, -0.05) is 36.8 Å². The first-order chi connectivity index (χ1) is 13.2. The summed E-state index contributed by atoms with van der Waals surface area (Å²) in [5, 5.41) is 3.03. The Morgan fingerprint density at radius 3 is 2.78 bits per heavy atom. The van der Waals surface area contributed by atoms with Crippen LogP contribution in [0.25, 0.3) is 0 Å². The van der Waals surface area contributed by atoms with Gasteiger partial charge >= 0.3 is 0 Å². The molecule has 1 heterocycles. The lowest BCUT2D eigenvalue weighted by atomic mass is 9.87. The van der Waals surface area contributed by atoms with Crippen LogP contribution < -0.4 is 5.32 Å². The molecule has 27 heavy (non-hydrogen) atoms. The quantitative estimate of drug-likeness (QED) is 0.489. The van der Waals surface area contributed by atoms with Crippen LogP contribution in [-0.2, 0) is 11.2 Å². The minimum atomic E-state index is 0.113. The van der Waals surface area contributed by atoms with Crippen molar-refractivity contribution in [3.05, 3.63) is 53.6 Å². The molecule has 1 aromatic heterocycles. The number of nitrogens with one attached hydrogen (secondary N) is 2. The van der Waals surface area contributed by atoms with Gasteiger partial charge in [0.05, 0.1) is 12.0 Å². The van der Waals surface area contributed by atoms with E-state index in [4.69, 9.17) is 0 Å². The number of ketones is 1. The maximum Gasteiger partial charge on any atom is 0.219 e. The minimum Gasteiger partial charge on any atom is -0.356 e. The van der Waals surface area contributed by atoms with Crippen molar-refractivity contribution in [3.8, 4) is 0 Å². The number of aryl methyl sites for hydroxylation is 1. The number of carbonyl (C=O) groups excluding carboxylic acids is 2. The third-order valence-corrected chi connectivity index (χ3v) is 5.34. The first kappa shape index (κ1) is 19.3. The van der Waals surface area contributed by atoms with Gasteiger partial charge in [0, 0.05) is 36.6 Å². The van der Waals surface area contributed by atoms with Crippen molar-refractivity contribution < 1.29 is 9.59 Å². The van der Waals surface area contributed by atoms with Gasteiger partial charge in [-0.05, 0) is 38.5 Å². The van der Waals surface area contributed by atoms with E-state index in [0.29, 0.717) is 25.3 Å². The number of amides is 1. The van der Waals surface area contributed by atoms with Crippen molar-refractivity contribution in [1.82, 2.24) is 15.3 Å². The van der Waals surface area contributed by atoms with Gasteiger partial charge in [0.25, 0.3) is 0 Å². The third-order valence-electron chi connectivity index (χ3n) is 5.34. The fraction of sp³-hybridized carbons (Fsp3) is 0.500. The normalized spacial score (nSPS) is 15.9. The molecule has 1 atom stereocenters. The summed E-state index contributed by atoms with van der Waals surface area (Å²) >= 11 is 0. The first-order valence-electron chi connectivity index (χ1n) is 10.1. The molecule has 1 aromatic carbocycles. The molecule has 0 aliphatic heterocycles. The molecule has 0 saturated heterocycles. The van der Waals surface area contributed by atoms with E-state index in [9.17, 15) is 9.59 Å². The zero-order valence-electron chi connectivity index (χ0n) is 15.9. The van der Waals surface area contributed by atoms with Crippen molar-refractivity contribution in [2.75, 3.05) is 6.54 Å². The Morgan fingerprint density at radius 2 is 1.93 bits per heavy atom. The van der Waals surface area contributed by atoms with Gasteiger partial charge < -0.3 is 10.3 Å². The second kappa shape index (κ2) is 10.0. The van der Waals surface area contributed by atoms with Gasteiger partial charge in [-0.25, -0.2) is 4.98 Å². The fourth-order valence-electron chi connectivity index (χ4n) is 3.82. The molecule has 2 aromatic rings. The summed E-state index contributed by atoms with van der Waals surface area (Å²) in [6, 6.07) is 9.40. The van der Waals surface area contributed by atoms with Crippen LogP contribution in [0.1, 0.15) is 79.0 Å². The SMILES string of the molecule is O=C(CCCCCC(=O)c1ccccc1)NCCC1CCCc2[nH]cnc21. The Kier molecular flexibility index (Phi) is 7.19. The molecule has 1 unspecified atom stereocenters. The van der Waals surface area contributed by atoms with E-state index < -0.39 is 0 Å². The predicted molar refractivity (Wildman–Crippen MR) is 106 cm³/mol. The highest BCUT2D eigenvalue weighted by molar-refractivity contribution is 5.95. The van der Waals surface area contributed by atoms with Crippen LogP contribution in [0.3, 0.4) is 0 Å². The van der Waals surface area contributed by atoms with Gasteiger partial charge in [0.1, 0.15) is 0 Å². The Morgan fingerprint density at radius 1 is 1.11 bits per heavy atom. The van der Waals surface area contributed by atoms with Crippen LogP contribution in [0.5, 0.6) is 0 Å².